The Morgan fingerprint density at radius 3 is 2.94 bits per heavy atom. The average molecular weight is 238 g/mol. The van der Waals surface area contributed by atoms with E-state index in [1.165, 1.54) is 0 Å². The zero-order valence-electron chi connectivity index (χ0n) is 10.9. The van der Waals surface area contributed by atoms with Gasteiger partial charge in [-0.3, -0.25) is 9.48 Å². The normalized spacial score (nSPS) is 12.4. The van der Waals surface area contributed by atoms with Crippen molar-refractivity contribution in [2.24, 2.45) is 7.05 Å². The van der Waals surface area contributed by atoms with Gasteiger partial charge in [0.05, 0.1) is 11.7 Å². The summed E-state index contributed by atoms with van der Waals surface area (Å²) >= 11 is 0. The number of hydrogen-bond acceptors (Lipinski definition) is 3. The van der Waals surface area contributed by atoms with Crippen LogP contribution in [0.15, 0.2) is 12.3 Å². The second-order valence-electron chi connectivity index (χ2n) is 4.23. The molecule has 1 aromatic rings. The largest absolute Gasteiger partial charge is 0.355 e. The highest BCUT2D eigenvalue weighted by molar-refractivity contribution is 5.81. The lowest BCUT2D eigenvalue weighted by Gasteiger charge is -2.12. The molecule has 1 heterocycles. The molecule has 1 aromatic heterocycles. The summed E-state index contributed by atoms with van der Waals surface area (Å²) in [5, 5.41) is 10.3. The van der Waals surface area contributed by atoms with Crippen LogP contribution in [0.4, 0.5) is 0 Å². The average Bonchev–Trinajstić information content (AvgIpc) is 2.72. The zero-order chi connectivity index (χ0) is 12.7. The first-order chi connectivity index (χ1) is 8.13. The molecule has 1 atom stereocenters. The summed E-state index contributed by atoms with van der Waals surface area (Å²) < 4.78 is 1.75. The van der Waals surface area contributed by atoms with Crippen molar-refractivity contribution in [3.05, 3.63) is 18.0 Å². The van der Waals surface area contributed by atoms with E-state index >= 15 is 0 Å². The van der Waals surface area contributed by atoms with Crippen molar-refractivity contribution in [1.82, 2.24) is 20.4 Å². The lowest BCUT2D eigenvalue weighted by Crippen LogP contribution is -2.42. The lowest BCUT2D eigenvalue weighted by atomic mass is 10.3. The molecule has 0 bridgehead atoms. The van der Waals surface area contributed by atoms with E-state index < -0.39 is 0 Å². The van der Waals surface area contributed by atoms with Gasteiger partial charge in [-0.1, -0.05) is 13.3 Å². The van der Waals surface area contributed by atoms with E-state index in [2.05, 4.69) is 22.7 Å². The molecule has 1 amide bonds. The van der Waals surface area contributed by atoms with Gasteiger partial charge in [0.25, 0.3) is 0 Å². The Hall–Kier alpha value is -1.36. The van der Waals surface area contributed by atoms with Crippen molar-refractivity contribution in [2.75, 3.05) is 6.54 Å². The molecule has 0 fully saturated rings. The predicted octanol–water partition coefficient (Wildman–Crippen LogP) is 0.814. The number of rotatable bonds is 7. The first-order valence-corrected chi connectivity index (χ1v) is 6.13. The molecule has 0 aromatic carbocycles. The van der Waals surface area contributed by atoms with E-state index in [0.717, 1.165) is 25.1 Å². The number of aryl methyl sites for hydroxylation is 1. The second kappa shape index (κ2) is 7.06. The Morgan fingerprint density at radius 1 is 1.59 bits per heavy atom. The summed E-state index contributed by atoms with van der Waals surface area (Å²) in [6.45, 7) is 5.34. The quantitative estimate of drug-likeness (QED) is 0.691. The van der Waals surface area contributed by atoms with Gasteiger partial charge in [0.15, 0.2) is 0 Å². The number of carbonyl (C=O) groups is 1. The van der Waals surface area contributed by atoms with Crippen molar-refractivity contribution >= 4 is 5.91 Å². The number of aromatic nitrogens is 2. The van der Waals surface area contributed by atoms with Crippen LogP contribution in [0.1, 0.15) is 32.4 Å². The molecule has 0 saturated carbocycles. The number of hydrogen-bond donors (Lipinski definition) is 2. The first-order valence-electron chi connectivity index (χ1n) is 6.13. The molecule has 5 heteroatoms. The van der Waals surface area contributed by atoms with E-state index in [9.17, 15) is 4.79 Å². The van der Waals surface area contributed by atoms with Crippen LogP contribution >= 0.6 is 0 Å². The Morgan fingerprint density at radius 2 is 2.35 bits per heavy atom. The van der Waals surface area contributed by atoms with E-state index in [1.54, 1.807) is 4.68 Å². The highest BCUT2D eigenvalue weighted by Crippen LogP contribution is 1.94. The van der Waals surface area contributed by atoms with Crippen molar-refractivity contribution in [3.8, 4) is 0 Å². The topological polar surface area (TPSA) is 59.0 Å². The molecular formula is C12H22N4O. The molecule has 0 aliphatic carbocycles. The fourth-order valence-corrected chi connectivity index (χ4v) is 1.45. The Labute approximate surface area is 103 Å². The van der Waals surface area contributed by atoms with Crippen molar-refractivity contribution < 1.29 is 4.79 Å². The highest BCUT2D eigenvalue weighted by atomic mass is 16.2. The molecular weight excluding hydrogens is 216 g/mol. The molecule has 17 heavy (non-hydrogen) atoms. The van der Waals surface area contributed by atoms with Gasteiger partial charge >= 0.3 is 0 Å². The van der Waals surface area contributed by atoms with Crippen LogP contribution in [0.25, 0.3) is 0 Å². The van der Waals surface area contributed by atoms with Crippen LogP contribution in [-0.4, -0.2) is 28.3 Å². The summed E-state index contributed by atoms with van der Waals surface area (Å²) in [5.74, 6) is 0.0504. The third kappa shape index (κ3) is 4.99. The molecule has 0 radical (unpaired) electrons. The van der Waals surface area contributed by atoms with Crippen LogP contribution in [0.3, 0.4) is 0 Å². The Kier molecular flexibility index (Phi) is 5.69. The second-order valence-corrected chi connectivity index (χ2v) is 4.23. The minimum Gasteiger partial charge on any atom is -0.355 e. The Balaban J connectivity index is 2.24. The highest BCUT2D eigenvalue weighted by Gasteiger charge is 2.11. The number of unbranched alkanes of at least 4 members (excludes halogenated alkanes) is 1. The van der Waals surface area contributed by atoms with Gasteiger partial charge < -0.3 is 10.6 Å². The van der Waals surface area contributed by atoms with Crippen molar-refractivity contribution in [1.29, 1.82) is 0 Å². The minimum atomic E-state index is -0.186. The SMILES string of the molecule is CCCCNC(=O)C(C)NCc1ccn(C)n1. The van der Waals surface area contributed by atoms with Gasteiger partial charge in [0.1, 0.15) is 0 Å². The molecule has 0 aliphatic heterocycles. The van der Waals surface area contributed by atoms with Gasteiger partial charge in [0.2, 0.25) is 5.91 Å². The van der Waals surface area contributed by atoms with Crippen LogP contribution < -0.4 is 10.6 Å². The van der Waals surface area contributed by atoms with E-state index in [0.29, 0.717) is 6.54 Å². The third-order valence-corrected chi connectivity index (χ3v) is 2.58. The molecule has 1 unspecified atom stereocenters. The molecule has 1 rings (SSSR count). The van der Waals surface area contributed by atoms with Crippen molar-refractivity contribution in [3.63, 3.8) is 0 Å². The van der Waals surface area contributed by atoms with Gasteiger partial charge in [-0.05, 0) is 19.4 Å². The standard InChI is InChI=1S/C12H22N4O/c1-4-5-7-13-12(17)10(2)14-9-11-6-8-16(3)15-11/h6,8,10,14H,4-5,7,9H2,1-3H3,(H,13,17). The maximum absolute atomic E-state index is 11.6. The van der Waals surface area contributed by atoms with Crippen LogP contribution in [0, 0.1) is 0 Å². The van der Waals surface area contributed by atoms with E-state index in [-0.39, 0.29) is 11.9 Å². The number of nitrogens with one attached hydrogen (secondary N) is 2. The summed E-state index contributed by atoms with van der Waals surface area (Å²) in [7, 11) is 1.88. The third-order valence-electron chi connectivity index (χ3n) is 2.58. The fourth-order valence-electron chi connectivity index (χ4n) is 1.45. The number of nitrogens with zero attached hydrogens (tertiary/aromatic N) is 2. The van der Waals surface area contributed by atoms with E-state index in [4.69, 9.17) is 0 Å². The first kappa shape index (κ1) is 13.7. The summed E-state index contributed by atoms with van der Waals surface area (Å²) in [6.07, 6.45) is 4.01. The molecule has 0 aliphatic rings. The maximum Gasteiger partial charge on any atom is 0.236 e. The van der Waals surface area contributed by atoms with Gasteiger partial charge in [-0.15, -0.1) is 0 Å². The van der Waals surface area contributed by atoms with E-state index in [1.807, 2.05) is 26.2 Å². The molecule has 5 nitrogen and oxygen atoms in total. The minimum absolute atomic E-state index is 0.0504. The summed E-state index contributed by atoms with van der Waals surface area (Å²) in [4.78, 5) is 11.6. The molecule has 0 spiro atoms. The molecule has 96 valence electrons. The van der Waals surface area contributed by atoms with Crippen molar-refractivity contribution in [2.45, 2.75) is 39.3 Å². The summed E-state index contributed by atoms with van der Waals surface area (Å²) in [5.41, 5.74) is 0.945. The molecule has 0 saturated heterocycles. The van der Waals surface area contributed by atoms with Crippen LogP contribution in [0.5, 0.6) is 0 Å². The fraction of sp³-hybridized carbons (Fsp3) is 0.667. The van der Waals surface area contributed by atoms with Gasteiger partial charge in [-0.25, -0.2) is 0 Å². The van der Waals surface area contributed by atoms with Crippen LogP contribution in [0.2, 0.25) is 0 Å². The molecule has 2 N–H and O–H groups in total. The number of amides is 1. The Bertz CT molecular complexity index is 348. The van der Waals surface area contributed by atoms with Gasteiger partial charge in [0, 0.05) is 26.3 Å². The maximum atomic E-state index is 11.6. The van der Waals surface area contributed by atoms with Gasteiger partial charge in [-0.2, -0.15) is 5.10 Å². The zero-order valence-corrected chi connectivity index (χ0v) is 10.9. The smallest absolute Gasteiger partial charge is 0.236 e. The summed E-state index contributed by atoms with van der Waals surface area (Å²) in [6, 6.07) is 1.75. The van der Waals surface area contributed by atoms with Crippen LogP contribution in [-0.2, 0) is 18.4 Å². The predicted molar refractivity (Wildman–Crippen MR) is 67.4 cm³/mol. The lowest BCUT2D eigenvalue weighted by molar-refractivity contribution is -0.122. The number of carbonyl (C=O) groups excluding carboxylic acids is 1. The monoisotopic (exact) mass is 238 g/mol.